The topological polar surface area (TPSA) is 80.9 Å². The van der Waals surface area contributed by atoms with Gasteiger partial charge in [-0.15, -0.1) is 0 Å². The largest absolute Gasteiger partial charge is 0.382 e. The first-order chi connectivity index (χ1) is 9.18. The van der Waals surface area contributed by atoms with E-state index in [9.17, 15) is 4.79 Å². The maximum atomic E-state index is 11.9. The van der Waals surface area contributed by atoms with E-state index in [-0.39, 0.29) is 23.3 Å². The first-order valence-corrected chi connectivity index (χ1v) is 6.08. The third-order valence-electron chi connectivity index (χ3n) is 2.88. The Balaban J connectivity index is 1.96. The molecule has 2 aromatic rings. The number of hydrogen-bond donors (Lipinski definition) is 2. The van der Waals surface area contributed by atoms with Crippen LogP contribution >= 0.6 is 0 Å². The lowest BCUT2D eigenvalue weighted by molar-refractivity contribution is 0.0947. The van der Waals surface area contributed by atoms with Crippen molar-refractivity contribution in [3.05, 3.63) is 54.0 Å². The molecule has 3 N–H and O–H groups in total. The minimum Gasteiger partial charge on any atom is -0.382 e. The number of carbonyl (C=O) groups excluding carboxylic acids is 1. The van der Waals surface area contributed by atoms with Crippen molar-refractivity contribution in [2.75, 3.05) is 12.3 Å². The van der Waals surface area contributed by atoms with Crippen molar-refractivity contribution >= 4 is 11.7 Å². The zero-order chi connectivity index (χ0) is 13.7. The van der Waals surface area contributed by atoms with Gasteiger partial charge in [0.2, 0.25) is 0 Å². The van der Waals surface area contributed by atoms with Gasteiger partial charge >= 0.3 is 0 Å². The molecule has 0 aliphatic rings. The Hall–Kier alpha value is -2.43. The van der Waals surface area contributed by atoms with Crippen LogP contribution in [0.25, 0.3) is 0 Å². The molecular weight excluding hydrogens is 240 g/mol. The third-order valence-corrected chi connectivity index (χ3v) is 2.88. The summed E-state index contributed by atoms with van der Waals surface area (Å²) >= 11 is 0. The summed E-state index contributed by atoms with van der Waals surface area (Å²) < 4.78 is 0. The Labute approximate surface area is 111 Å². The van der Waals surface area contributed by atoms with Crippen LogP contribution in [0.3, 0.4) is 0 Å². The highest BCUT2D eigenvalue weighted by Gasteiger charge is 2.13. The van der Waals surface area contributed by atoms with Gasteiger partial charge in [-0.1, -0.05) is 37.3 Å². The molecule has 0 saturated carbocycles. The lowest BCUT2D eigenvalue weighted by Gasteiger charge is -2.13. The van der Waals surface area contributed by atoms with Gasteiger partial charge in [0.15, 0.2) is 11.5 Å². The zero-order valence-corrected chi connectivity index (χ0v) is 10.7. The van der Waals surface area contributed by atoms with Crippen LogP contribution in [0, 0.1) is 0 Å². The average molecular weight is 256 g/mol. The molecule has 5 heteroatoms. The molecule has 1 aromatic carbocycles. The van der Waals surface area contributed by atoms with Crippen molar-refractivity contribution in [2.24, 2.45) is 0 Å². The zero-order valence-electron chi connectivity index (χ0n) is 10.7. The molecule has 2 rings (SSSR count). The molecule has 1 aromatic heterocycles. The van der Waals surface area contributed by atoms with E-state index in [0.29, 0.717) is 6.54 Å². The summed E-state index contributed by atoms with van der Waals surface area (Å²) in [5, 5.41) is 2.82. The number of carbonyl (C=O) groups is 1. The summed E-state index contributed by atoms with van der Waals surface area (Å²) in [4.78, 5) is 19.7. The van der Waals surface area contributed by atoms with E-state index in [1.54, 1.807) is 0 Å². The minimum absolute atomic E-state index is 0.146. The van der Waals surface area contributed by atoms with Crippen molar-refractivity contribution in [3.8, 4) is 0 Å². The Kier molecular flexibility index (Phi) is 4.07. The fourth-order valence-corrected chi connectivity index (χ4v) is 1.75. The van der Waals surface area contributed by atoms with E-state index in [2.05, 4.69) is 22.2 Å². The number of hydrogen-bond acceptors (Lipinski definition) is 4. The SMILES string of the molecule is CC(CNC(=O)c1nccnc1N)c1ccccc1. The molecule has 1 amide bonds. The molecule has 1 heterocycles. The Bertz CT molecular complexity index is 556. The fourth-order valence-electron chi connectivity index (χ4n) is 1.75. The number of nitrogens with zero attached hydrogens (tertiary/aromatic N) is 2. The second-order valence-electron chi connectivity index (χ2n) is 4.31. The number of nitrogens with one attached hydrogen (secondary N) is 1. The highest BCUT2D eigenvalue weighted by molar-refractivity contribution is 5.96. The van der Waals surface area contributed by atoms with Crippen LogP contribution in [0.2, 0.25) is 0 Å². The summed E-state index contributed by atoms with van der Waals surface area (Å²) in [6.45, 7) is 2.58. The van der Waals surface area contributed by atoms with Gasteiger partial charge in [-0.2, -0.15) is 0 Å². The molecule has 0 fully saturated rings. The maximum Gasteiger partial charge on any atom is 0.273 e. The Morgan fingerprint density at radius 3 is 2.63 bits per heavy atom. The van der Waals surface area contributed by atoms with E-state index in [4.69, 9.17) is 5.73 Å². The summed E-state index contributed by atoms with van der Waals surface area (Å²) in [5.41, 5.74) is 6.95. The second-order valence-corrected chi connectivity index (χ2v) is 4.31. The van der Waals surface area contributed by atoms with E-state index in [0.717, 1.165) is 0 Å². The average Bonchev–Trinajstić information content (AvgIpc) is 2.46. The Morgan fingerprint density at radius 2 is 1.95 bits per heavy atom. The molecule has 98 valence electrons. The van der Waals surface area contributed by atoms with Crippen LogP contribution in [0.4, 0.5) is 5.82 Å². The molecular formula is C14H16N4O. The molecule has 1 atom stereocenters. The van der Waals surface area contributed by atoms with Gasteiger partial charge in [0.25, 0.3) is 5.91 Å². The van der Waals surface area contributed by atoms with Gasteiger partial charge in [0.05, 0.1) is 0 Å². The highest BCUT2D eigenvalue weighted by Crippen LogP contribution is 2.13. The van der Waals surface area contributed by atoms with Gasteiger partial charge in [-0.05, 0) is 11.5 Å². The van der Waals surface area contributed by atoms with E-state index in [1.807, 2.05) is 30.3 Å². The summed E-state index contributed by atoms with van der Waals surface area (Å²) in [6, 6.07) is 10.00. The van der Waals surface area contributed by atoms with Crippen LogP contribution in [0.15, 0.2) is 42.7 Å². The van der Waals surface area contributed by atoms with Crippen molar-refractivity contribution in [3.63, 3.8) is 0 Å². The highest BCUT2D eigenvalue weighted by atomic mass is 16.1. The molecule has 5 nitrogen and oxygen atoms in total. The predicted molar refractivity (Wildman–Crippen MR) is 73.6 cm³/mol. The molecule has 0 aliphatic carbocycles. The van der Waals surface area contributed by atoms with Gasteiger partial charge in [0, 0.05) is 18.9 Å². The van der Waals surface area contributed by atoms with Crippen LogP contribution in [-0.2, 0) is 0 Å². The summed E-state index contributed by atoms with van der Waals surface area (Å²) in [6.07, 6.45) is 2.91. The van der Waals surface area contributed by atoms with Crippen molar-refractivity contribution in [1.82, 2.24) is 15.3 Å². The first-order valence-electron chi connectivity index (χ1n) is 6.08. The third kappa shape index (κ3) is 3.28. The van der Waals surface area contributed by atoms with Crippen molar-refractivity contribution < 1.29 is 4.79 Å². The maximum absolute atomic E-state index is 11.9. The molecule has 1 unspecified atom stereocenters. The van der Waals surface area contributed by atoms with Crippen molar-refractivity contribution in [1.29, 1.82) is 0 Å². The molecule has 0 spiro atoms. The number of amides is 1. The smallest absolute Gasteiger partial charge is 0.273 e. The number of nitrogens with two attached hydrogens (primary N) is 1. The molecule has 0 saturated heterocycles. The molecule has 0 bridgehead atoms. The number of benzene rings is 1. The van der Waals surface area contributed by atoms with Gasteiger partial charge in [0.1, 0.15) is 0 Å². The van der Waals surface area contributed by atoms with Crippen LogP contribution in [0.5, 0.6) is 0 Å². The minimum atomic E-state index is -0.298. The van der Waals surface area contributed by atoms with E-state index < -0.39 is 0 Å². The van der Waals surface area contributed by atoms with Gasteiger partial charge in [-0.25, -0.2) is 9.97 Å². The van der Waals surface area contributed by atoms with Gasteiger partial charge in [-0.3, -0.25) is 4.79 Å². The molecule has 0 radical (unpaired) electrons. The van der Waals surface area contributed by atoms with Gasteiger partial charge < -0.3 is 11.1 Å². The summed E-state index contributed by atoms with van der Waals surface area (Å²) in [7, 11) is 0. The number of aromatic nitrogens is 2. The number of anilines is 1. The Morgan fingerprint density at radius 1 is 1.26 bits per heavy atom. The van der Waals surface area contributed by atoms with E-state index >= 15 is 0 Å². The normalized spacial score (nSPS) is 11.8. The predicted octanol–water partition coefficient (Wildman–Crippen LogP) is 1.59. The fraction of sp³-hybridized carbons (Fsp3) is 0.214. The van der Waals surface area contributed by atoms with Crippen LogP contribution < -0.4 is 11.1 Å². The first kappa shape index (κ1) is 13.0. The van der Waals surface area contributed by atoms with Crippen LogP contribution in [-0.4, -0.2) is 22.4 Å². The lowest BCUT2D eigenvalue weighted by Crippen LogP contribution is -2.29. The van der Waals surface area contributed by atoms with Crippen LogP contribution in [0.1, 0.15) is 28.9 Å². The number of rotatable bonds is 4. The lowest BCUT2D eigenvalue weighted by atomic mass is 10.0. The monoisotopic (exact) mass is 256 g/mol. The molecule has 19 heavy (non-hydrogen) atoms. The standard InChI is InChI=1S/C14H16N4O/c1-10(11-5-3-2-4-6-11)9-18-14(19)12-13(15)17-8-7-16-12/h2-8,10H,9H2,1H3,(H2,15,17)(H,18,19). The number of nitrogen functional groups attached to an aromatic ring is 1. The molecule has 0 aliphatic heterocycles. The van der Waals surface area contributed by atoms with E-state index in [1.165, 1.54) is 18.0 Å². The summed E-state index contributed by atoms with van der Waals surface area (Å²) in [5.74, 6) is 0.0730. The quantitative estimate of drug-likeness (QED) is 0.870. The second kappa shape index (κ2) is 5.95. The van der Waals surface area contributed by atoms with Crippen molar-refractivity contribution in [2.45, 2.75) is 12.8 Å².